The summed E-state index contributed by atoms with van der Waals surface area (Å²) >= 11 is 12.3. The van der Waals surface area contributed by atoms with Crippen LogP contribution < -0.4 is 10.6 Å². The van der Waals surface area contributed by atoms with Gasteiger partial charge >= 0.3 is 0 Å². The monoisotopic (exact) mass is 486 g/mol. The molecule has 1 heterocycles. The number of carbonyl (C=O) groups is 2. The van der Waals surface area contributed by atoms with E-state index in [1.54, 1.807) is 28.9 Å². The lowest BCUT2D eigenvalue weighted by Crippen LogP contribution is -2.26. The van der Waals surface area contributed by atoms with Crippen LogP contribution in [0.3, 0.4) is 0 Å². The van der Waals surface area contributed by atoms with Crippen molar-refractivity contribution < 1.29 is 9.59 Å². The van der Waals surface area contributed by atoms with Crippen LogP contribution >= 0.6 is 23.2 Å². The zero-order valence-corrected chi connectivity index (χ0v) is 20.1. The number of nitrogens with one attached hydrogen (secondary N) is 2. The minimum atomic E-state index is -0.267. The van der Waals surface area contributed by atoms with E-state index in [-0.39, 0.29) is 24.7 Å². The van der Waals surface area contributed by atoms with Crippen LogP contribution in [0.5, 0.6) is 0 Å². The van der Waals surface area contributed by atoms with Crippen molar-refractivity contribution in [3.05, 3.63) is 64.6 Å². The lowest BCUT2D eigenvalue weighted by Gasteiger charge is -2.10. The molecule has 3 rings (SSSR count). The fourth-order valence-corrected chi connectivity index (χ4v) is 3.63. The molecule has 3 aromatic rings. The fraction of sp³-hybridized carbons (Fsp3) is 0.320. The van der Waals surface area contributed by atoms with Crippen molar-refractivity contribution >= 4 is 40.8 Å². The molecule has 1 aromatic heterocycles. The van der Waals surface area contributed by atoms with Crippen LogP contribution in [0, 0.1) is 0 Å². The van der Waals surface area contributed by atoms with Gasteiger partial charge in [0.05, 0.1) is 21.4 Å². The van der Waals surface area contributed by atoms with E-state index in [1.807, 2.05) is 30.3 Å². The van der Waals surface area contributed by atoms with Crippen LogP contribution in [0.2, 0.25) is 10.0 Å². The van der Waals surface area contributed by atoms with Crippen molar-refractivity contribution in [1.82, 2.24) is 15.1 Å². The molecule has 2 amide bonds. The van der Waals surface area contributed by atoms with Crippen molar-refractivity contribution in [3.63, 3.8) is 0 Å². The molecule has 33 heavy (non-hydrogen) atoms. The average molecular weight is 487 g/mol. The van der Waals surface area contributed by atoms with Gasteiger partial charge in [0.15, 0.2) is 0 Å². The Balaban J connectivity index is 1.69. The molecular weight excluding hydrogens is 459 g/mol. The lowest BCUT2D eigenvalue weighted by atomic mass is 10.1. The van der Waals surface area contributed by atoms with Gasteiger partial charge in [-0.25, -0.2) is 4.68 Å². The summed E-state index contributed by atoms with van der Waals surface area (Å²) in [5.74, 6) is 0.0961. The SMILES string of the molecule is CCCCCCNC(=O)CCC(=O)Nc1cc(-c2ccccc2)nn1-c1ccc(Cl)c(Cl)c1. The zero-order valence-electron chi connectivity index (χ0n) is 18.6. The summed E-state index contributed by atoms with van der Waals surface area (Å²) in [6.45, 7) is 2.79. The highest BCUT2D eigenvalue weighted by molar-refractivity contribution is 6.42. The predicted molar refractivity (Wildman–Crippen MR) is 134 cm³/mol. The van der Waals surface area contributed by atoms with Gasteiger partial charge in [-0.2, -0.15) is 5.10 Å². The Kier molecular flexibility index (Phi) is 9.34. The highest BCUT2D eigenvalue weighted by atomic mass is 35.5. The minimum Gasteiger partial charge on any atom is -0.356 e. The van der Waals surface area contributed by atoms with Crippen molar-refractivity contribution in [1.29, 1.82) is 0 Å². The van der Waals surface area contributed by atoms with Gasteiger partial charge in [-0.3, -0.25) is 9.59 Å². The molecule has 2 N–H and O–H groups in total. The maximum atomic E-state index is 12.6. The summed E-state index contributed by atoms with van der Waals surface area (Å²) in [5.41, 5.74) is 2.27. The summed E-state index contributed by atoms with van der Waals surface area (Å²) in [4.78, 5) is 24.6. The molecule has 0 atom stereocenters. The Morgan fingerprint density at radius 2 is 1.67 bits per heavy atom. The molecule has 0 bridgehead atoms. The van der Waals surface area contributed by atoms with Crippen molar-refractivity contribution in [2.24, 2.45) is 0 Å². The number of hydrogen-bond acceptors (Lipinski definition) is 3. The minimum absolute atomic E-state index is 0.0774. The topological polar surface area (TPSA) is 76.0 Å². The number of amides is 2. The predicted octanol–water partition coefficient (Wildman–Crippen LogP) is 6.26. The van der Waals surface area contributed by atoms with Crippen molar-refractivity contribution in [3.8, 4) is 16.9 Å². The molecule has 0 fully saturated rings. The number of hydrogen-bond donors (Lipinski definition) is 2. The number of aromatic nitrogens is 2. The number of halogens is 2. The summed E-state index contributed by atoms with van der Waals surface area (Å²) in [6.07, 6.45) is 4.57. The molecule has 0 radical (unpaired) electrons. The smallest absolute Gasteiger partial charge is 0.226 e. The Morgan fingerprint density at radius 3 is 2.39 bits per heavy atom. The first-order valence-electron chi connectivity index (χ1n) is 11.2. The Bertz CT molecular complexity index is 1080. The Labute approximate surface area is 204 Å². The van der Waals surface area contributed by atoms with E-state index in [2.05, 4.69) is 22.7 Å². The number of nitrogens with zero attached hydrogens (tertiary/aromatic N) is 2. The van der Waals surface area contributed by atoms with E-state index >= 15 is 0 Å². The van der Waals surface area contributed by atoms with E-state index in [0.29, 0.717) is 33.8 Å². The molecule has 8 heteroatoms. The summed E-state index contributed by atoms with van der Waals surface area (Å²) < 4.78 is 1.61. The van der Waals surface area contributed by atoms with Crippen LogP contribution in [0.25, 0.3) is 16.9 Å². The van der Waals surface area contributed by atoms with Gasteiger partial charge in [0, 0.05) is 31.0 Å². The number of carbonyl (C=O) groups excluding carboxylic acids is 2. The third-order valence-corrected chi connectivity index (χ3v) is 5.86. The highest BCUT2D eigenvalue weighted by Crippen LogP contribution is 2.29. The maximum Gasteiger partial charge on any atom is 0.226 e. The van der Waals surface area contributed by atoms with Gasteiger partial charge < -0.3 is 10.6 Å². The summed E-state index contributed by atoms with van der Waals surface area (Å²) in [5, 5.41) is 11.2. The quantitative estimate of drug-likeness (QED) is 0.314. The van der Waals surface area contributed by atoms with E-state index in [4.69, 9.17) is 23.2 Å². The Morgan fingerprint density at radius 1 is 0.909 bits per heavy atom. The first-order chi connectivity index (χ1) is 16.0. The second-order valence-electron chi connectivity index (χ2n) is 7.75. The highest BCUT2D eigenvalue weighted by Gasteiger charge is 2.15. The molecule has 0 saturated heterocycles. The number of anilines is 1. The normalized spacial score (nSPS) is 10.8. The van der Waals surface area contributed by atoms with Gasteiger partial charge in [-0.05, 0) is 24.6 Å². The number of benzene rings is 2. The molecular formula is C25H28Cl2N4O2. The first-order valence-corrected chi connectivity index (χ1v) is 11.9. The standard InChI is InChI=1S/C25H28Cl2N4O2/c1-2-3-4-8-15-28-24(32)13-14-25(33)29-23-17-22(18-9-6-5-7-10-18)30-31(23)19-11-12-20(26)21(27)16-19/h5-7,9-12,16-17H,2-4,8,13-15H2,1H3,(H,28,32)(H,29,33). The second kappa shape index (κ2) is 12.4. The van der Waals surface area contributed by atoms with Crippen LogP contribution in [0.1, 0.15) is 45.4 Å². The van der Waals surface area contributed by atoms with Gasteiger partial charge in [0.2, 0.25) is 11.8 Å². The van der Waals surface area contributed by atoms with E-state index < -0.39 is 0 Å². The van der Waals surface area contributed by atoms with Gasteiger partial charge in [0.25, 0.3) is 0 Å². The first kappa shape index (κ1) is 24.8. The van der Waals surface area contributed by atoms with Crippen LogP contribution in [-0.4, -0.2) is 28.1 Å². The fourth-order valence-electron chi connectivity index (χ4n) is 3.33. The van der Waals surface area contributed by atoms with Gasteiger partial charge in [0.1, 0.15) is 5.82 Å². The summed E-state index contributed by atoms with van der Waals surface area (Å²) in [6, 6.07) is 16.6. The van der Waals surface area contributed by atoms with Crippen LogP contribution in [0.4, 0.5) is 5.82 Å². The summed E-state index contributed by atoms with van der Waals surface area (Å²) in [7, 11) is 0. The Hall–Kier alpha value is -2.83. The number of rotatable bonds is 11. The van der Waals surface area contributed by atoms with Gasteiger partial charge in [-0.15, -0.1) is 0 Å². The molecule has 0 spiro atoms. The zero-order chi connectivity index (χ0) is 23.6. The molecule has 2 aromatic carbocycles. The molecule has 0 aliphatic heterocycles. The lowest BCUT2D eigenvalue weighted by molar-refractivity contribution is -0.124. The molecule has 174 valence electrons. The van der Waals surface area contributed by atoms with Crippen molar-refractivity contribution in [2.75, 3.05) is 11.9 Å². The third-order valence-electron chi connectivity index (χ3n) is 5.13. The van der Waals surface area contributed by atoms with Crippen LogP contribution in [-0.2, 0) is 9.59 Å². The van der Waals surface area contributed by atoms with Crippen LogP contribution in [0.15, 0.2) is 54.6 Å². The average Bonchev–Trinajstić information content (AvgIpc) is 3.23. The molecule has 0 saturated carbocycles. The van der Waals surface area contributed by atoms with Gasteiger partial charge in [-0.1, -0.05) is 79.7 Å². The van der Waals surface area contributed by atoms with E-state index in [1.165, 1.54) is 0 Å². The van der Waals surface area contributed by atoms with E-state index in [0.717, 1.165) is 31.2 Å². The maximum absolute atomic E-state index is 12.6. The molecule has 0 aliphatic rings. The largest absolute Gasteiger partial charge is 0.356 e. The molecule has 0 unspecified atom stereocenters. The molecule has 6 nitrogen and oxygen atoms in total. The van der Waals surface area contributed by atoms with E-state index in [9.17, 15) is 9.59 Å². The third kappa shape index (κ3) is 7.34. The number of unbranched alkanes of at least 4 members (excludes halogenated alkanes) is 3. The van der Waals surface area contributed by atoms with Crippen molar-refractivity contribution in [2.45, 2.75) is 45.4 Å². The molecule has 0 aliphatic carbocycles. The second-order valence-corrected chi connectivity index (χ2v) is 8.56.